The van der Waals surface area contributed by atoms with Crippen molar-refractivity contribution >= 4 is 11.6 Å². The van der Waals surface area contributed by atoms with Gasteiger partial charge in [-0.3, -0.25) is 9.59 Å². The molecule has 0 aliphatic carbocycles. The van der Waals surface area contributed by atoms with Crippen molar-refractivity contribution in [2.45, 2.75) is 6.42 Å². The number of carbonyl (C=O) groups excluding carboxylic acids is 2. The van der Waals surface area contributed by atoms with Crippen LogP contribution in [0.3, 0.4) is 0 Å². The van der Waals surface area contributed by atoms with Crippen LogP contribution >= 0.6 is 0 Å². The van der Waals surface area contributed by atoms with Gasteiger partial charge in [-0.15, -0.1) is 0 Å². The summed E-state index contributed by atoms with van der Waals surface area (Å²) in [5, 5.41) is 0. The molecule has 0 saturated carbocycles. The lowest BCUT2D eigenvalue weighted by Crippen LogP contribution is -2.25. The summed E-state index contributed by atoms with van der Waals surface area (Å²) in [6.07, 6.45) is 0.241. The van der Waals surface area contributed by atoms with Gasteiger partial charge < -0.3 is 9.47 Å². The van der Waals surface area contributed by atoms with E-state index in [2.05, 4.69) is 6.58 Å². The maximum absolute atomic E-state index is 12.9. The predicted molar refractivity (Wildman–Crippen MR) is 96.6 cm³/mol. The van der Waals surface area contributed by atoms with Gasteiger partial charge in [-0.05, 0) is 6.42 Å². The predicted octanol–water partition coefficient (Wildman–Crippen LogP) is 3.94. The summed E-state index contributed by atoms with van der Waals surface area (Å²) >= 11 is 0. The van der Waals surface area contributed by atoms with Crippen LogP contribution in [-0.4, -0.2) is 32.1 Å². The molecule has 0 aliphatic heterocycles. The topological polar surface area (TPSA) is 52.6 Å². The lowest BCUT2D eigenvalue weighted by atomic mass is 9.85. The van der Waals surface area contributed by atoms with Gasteiger partial charge in [0, 0.05) is 18.2 Å². The molecule has 0 fully saturated rings. The first-order valence-electron chi connectivity index (χ1n) is 8.05. The van der Waals surface area contributed by atoms with Gasteiger partial charge in [-0.1, -0.05) is 72.8 Å². The van der Waals surface area contributed by atoms with Gasteiger partial charge >= 0.3 is 0 Å². The number of rotatable bonds is 10. The van der Waals surface area contributed by atoms with Gasteiger partial charge in [0.1, 0.15) is 6.79 Å². The number of ether oxygens (including phenoxy) is 2. The Morgan fingerprint density at radius 3 is 1.84 bits per heavy atom. The molecular formula is C21H22O4. The van der Waals surface area contributed by atoms with Crippen LogP contribution in [-0.2, 0) is 9.47 Å². The minimum Gasteiger partial charge on any atom is -0.359 e. The Labute approximate surface area is 148 Å². The Balaban J connectivity index is 2.20. The molecule has 0 aliphatic rings. The normalized spacial score (nSPS) is 10.6. The van der Waals surface area contributed by atoms with E-state index in [1.807, 2.05) is 12.1 Å². The summed E-state index contributed by atoms with van der Waals surface area (Å²) in [5.74, 6) is -1.23. The molecule has 130 valence electrons. The van der Waals surface area contributed by atoms with E-state index in [0.29, 0.717) is 16.7 Å². The van der Waals surface area contributed by atoms with Crippen LogP contribution in [0, 0.1) is 5.92 Å². The third kappa shape index (κ3) is 5.48. The van der Waals surface area contributed by atoms with Gasteiger partial charge in [-0.2, -0.15) is 0 Å². The van der Waals surface area contributed by atoms with Crippen molar-refractivity contribution in [2.24, 2.45) is 5.92 Å². The van der Waals surface area contributed by atoms with Crippen LogP contribution in [0.15, 0.2) is 72.8 Å². The van der Waals surface area contributed by atoms with E-state index >= 15 is 0 Å². The summed E-state index contributed by atoms with van der Waals surface area (Å²) in [6.45, 7) is 4.32. The fraction of sp³-hybridized carbons (Fsp3) is 0.238. The van der Waals surface area contributed by atoms with Crippen molar-refractivity contribution in [2.75, 3.05) is 20.5 Å². The van der Waals surface area contributed by atoms with E-state index in [1.54, 1.807) is 48.5 Å². The van der Waals surface area contributed by atoms with E-state index in [9.17, 15) is 9.59 Å². The van der Waals surface area contributed by atoms with E-state index in [4.69, 9.17) is 9.47 Å². The van der Waals surface area contributed by atoms with Crippen LogP contribution in [0.25, 0.3) is 0 Å². The smallest absolute Gasteiger partial charge is 0.174 e. The highest BCUT2D eigenvalue weighted by molar-refractivity contribution is 6.16. The van der Waals surface area contributed by atoms with Gasteiger partial charge in [-0.25, -0.2) is 0 Å². The summed E-state index contributed by atoms with van der Waals surface area (Å²) in [4.78, 5) is 25.8. The van der Waals surface area contributed by atoms with Crippen LogP contribution in [0.2, 0.25) is 0 Å². The number of carbonyl (C=O) groups is 2. The first-order chi connectivity index (χ1) is 12.1. The third-order valence-corrected chi connectivity index (χ3v) is 3.75. The molecule has 4 heteroatoms. The largest absolute Gasteiger partial charge is 0.359 e. The van der Waals surface area contributed by atoms with Crippen molar-refractivity contribution in [1.29, 1.82) is 0 Å². The molecule has 0 amide bonds. The molecule has 2 aromatic carbocycles. The van der Waals surface area contributed by atoms with Crippen molar-refractivity contribution in [1.82, 2.24) is 0 Å². The number of ketones is 2. The second kappa shape index (κ2) is 9.67. The third-order valence-electron chi connectivity index (χ3n) is 3.75. The van der Waals surface area contributed by atoms with E-state index in [-0.39, 0.29) is 31.4 Å². The standard InChI is InChI=1S/C21H22O4/c1-16(14-25-15-24-2)13-19(20(22)17-9-5-3-6-10-17)21(23)18-11-7-4-8-12-18/h3-12,19H,1,13-15H2,2H3. The number of Topliss-reactive ketones (excluding diaryl/α,β-unsaturated/α-hetero) is 2. The summed E-state index contributed by atoms with van der Waals surface area (Å²) in [7, 11) is 1.53. The molecule has 0 saturated heterocycles. The van der Waals surface area contributed by atoms with Gasteiger partial charge in [0.15, 0.2) is 11.6 Å². The van der Waals surface area contributed by atoms with Crippen LogP contribution in [0.1, 0.15) is 27.1 Å². The molecule has 4 nitrogen and oxygen atoms in total. The molecule has 0 spiro atoms. The molecular weight excluding hydrogens is 316 g/mol. The molecule has 0 heterocycles. The summed E-state index contributed by atoms with van der Waals surface area (Å²) in [6, 6.07) is 17.7. The number of hydrogen-bond donors (Lipinski definition) is 0. The van der Waals surface area contributed by atoms with E-state index < -0.39 is 5.92 Å². The first-order valence-corrected chi connectivity index (χ1v) is 8.05. The number of benzene rings is 2. The maximum atomic E-state index is 12.9. The summed E-state index contributed by atoms with van der Waals surface area (Å²) in [5.41, 5.74) is 1.71. The molecule has 0 unspecified atom stereocenters. The zero-order valence-electron chi connectivity index (χ0n) is 14.3. The Kier molecular flexibility index (Phi) is 7.26. The highest BCUT2D eigenvalue weighted by Crippen LogP contribution is 2.22. The minimum atomic E-state index is -0.816. The first kappa shape index (κ1) is 18.8. The van der Waals surface area contributed by atoms with E-state index in [0.717, 1.165) is 0 Å². The number of hydrogen-bond acceptors (Lipinski definition) is 4. The number of methoxy groups -OCH3 is 1. The van der Waals surface area contributed by atoms with Crippen molar-refractivity contribution in [3.05, 3.63) is 83.9 Å². The van der Waals surface area contributed by atoms with Crippen molar-refractivity contribution in [3.63, 3.8) is 0 Å². The van der Waals surface area contributed by atoms with Gasteiger partial charge in [0.25, 0.3) is 0 Å². The van der Waals surface area contributed by atoms with Crippen molar-refractivity contribution in [3.8, 4) is 0 Å². The molecule has 2 aromatic rings. The molecule has 2 rings (SSSR count). The highest BCUT2D eigenvalue weighted by atomic mass is 16.7. The van der Waals surface area contributed by atoms with Crippen LogP contribution < -0.4 is 0 Å². The SMILES string of the molecule is C=C(COCOC)CC(C(=O)c1ccccc1)C(=O)c1ccccc1. The quantitative estimate of drug-likeness (QED) is 0.216. The maximum Gasteiger partial charge on any atom is 0.174 e. The Bertz CT molecular complexity index is 656. The fourth-order valence-corrected chi connectivity index (χ4v) is 2.53. The van der Waals surface area contributed by atoms with Crippen LogP contribution in [0.5, 0.6) is 0 Å². The Hall–Kier alpha value is -2.56. The van der Waals surface area contributed by atoms with E-state index in [1.165, 1.54) is 7.11 Å². The molecule has 0 bridgehead atoms. The average Bonchev–Trinajstić information content (AvgIpc) is 2.66. The second-order valence-electron chi connectivity index (χ2n) is 5.72. The van der Waals surface area contributed by atoms with Crippen LogP contribution in [0.4, 0.5) is 0 Å². The fourth-order valence-electron chi connectivity index (χ4n) is 2.53. The Morgan fingerprint density at radius 1 is 0.920 bits per heavy atom. The average molecular weight is 338 g/mol. The molecule has 0 radical (unpaired) electrons. The lowest BCUT2D eigenvalue weighted by molar-refractivity contribution is -0.0218. The zero-order chi connectivity index (χ0) is 18.1. The molecule has 0 N–H and O–H groups in total. The summed E-state index contributed by atoms with van der Waals surface area (Å²) < 4.78 is 10.1. The minimum absolute atomic E-state index is 0.142. The molecule has 25 heavy (non-hydrogen) atoms. The second-order valence-corrected chi connectivity index (χ2v) is 5.72. The van der Waals surface area contributed by atoms with Gasteiger partial charge in [0.2, 0.25) is 0 Å². The molecule has 0 aromatic heterocycles. The lowest BCUT2D eigenvalue weighted by Gasteiger charge is -2.17. The Morgan fingerprint density at radius 2 is 1.40 bits per heavy atom. The molecule has 0 atom stereocenters. The highest BCUT2D eigenvalue weighted by Gasteiger charge is 2.29. The zero-order valence-corrected chi connectivity index (χ0v) is 14.3. The monoisotopic (exact) mass is 338 g/mol. The van der Waals surface area contributed by atoms with Crippen molar-refractivity contribution < 1.29 is 19.1 Å². The van der Waals surface area contributed by atoms with Gasteiger partial charge in [0.05, 0.1) is 12.5 Å².